The molecule has 0 aromatic heterocycles. The topological polar surface area (TPSA) is 38.5 Å². The van der Waals surface area contributed by atoms with E-state index in [1.165, 1.54) is 0 Å². The lowest BCUT2D eigenvalue weighted by molar-refractivity contribution is 0.391. The Hall–Kier alpha value is -0.940. The molecule has 1 heterocycles. The van der Waals surface area contributed by atoms with E-state index in [0.717, 1.165) is 23.6 Å². The van der Waals surface area contributed by atoms with E-state index < -0.39 is 0 Å². The SMILES string of the molecule is COc1ccccc1C1SCCN1C(N)=S. The molecule has 3 nitrogen and oxygen atoms in total. The number of para-hydroxylation sites is 1. The maximum atomic E-state index is 5.72. The van der Waals surface area contributed by atoms with Crippen molar-refractivity contribution in [2.45, 2.75) is 5.37 Å². The molecule has 1 fully saturated rings. The summed E-state index contributed by atoms with van der Waals surface area (Å²) in [6.07, 6.45) is 0. The summed E-state index contributed by atoms with van der Waals surface area (Å²) in [4.78, 5) is 2.04. The Labute approximate surface area is 105 Å². The number of rotatable bonds is 2. The number of methoxy groups -OCH3 is 1. The first-order chi connectivity index (χ1) is 7.74. The highest BCUT2D eigenvalue weighted by Gasteiger charge is 2.29. The minimum atomic E-state index is 0.189. The standard InChI is InChI=1S/C11H14N2OS2/c1-14-9-5-3-2-4-8(9)10-13(11(12)15)6-7-16-10/h2-5,10H,6-7H2,1H3,(H2,12,15). The summed E-state index contributed by atoms with van der Waals surface area (Å²) in [5.41, 5.74) is 6.86. The molecule has 16 heavy (non-hydrogen) atoms. The van der Waals surface area contributed by atoms with E-state index >= 15 is 0 Å². The number of nitrogens with zero attached hydrogens (tertiary/aromatic N) is 1. The third kappa shape index (κ3) is 2.10. The van der Waals surface area contributed by atoms with Gasteiger partial charge in [0.15, 0.2) is 5.11 Å². The molecule has 1 saturated heterocycles. The van der Waals surface area contributed by atoms with Gasteiger partial charge in [-0.1, -0.05) is 18.2 Å². The van der Waals surface area contributed by atoms with Crippen molar-refractivity contribution in [2.75, 3.05) is 19.4 Å². The van der Waals surface area contributed by atoms with Crippen molar-refractivity contribution in [3.8, 4) is 5.75 Å². The van der Waals surface area contributed by atoms with Crippen molar-refractivity contribution in [2.24, 2.45) is 5.73 Å². The molecule has 2 rings (SSSR count). The first-order valence-electron chi connectivity index (χ1n) is 5.04. The van der Waals surface area contributed by atoms with Crippen LogP contribution in [0.4, 0.5) is 0 Å². The molecule has 0 saturated carbocycles. The molecule has 86 valence electrons. The molecule has 1 aliphatic rings. The number of hydrogen-bond donors (Lipinski definition) is 1. The van der Waals surface area contributed by atoms with E-state index in [1.54, 1.807) is 7.11 Å². The van der Waals surface area contributed by atoms with Crippen LogP contribution in [0.3, 0.4) is 0 Å². The largest absolute Gasteiger partial charge is 0.496 e. The Bertz CT molecular complexity index is 397. The second kappa shape index (κ2) is 4.93. The van der Waals surface area contributed by atoms with Gasteiger partial charge >= 0.3 is 0 Å². The summed E-state index contributed by atoms with van der Waals surface area (Å²) in [7, 11) is 1.68. The Morgan fingerprint density at radius 2 is 2.31 bits per heavy atom. The summed E-state index contributed by atoms with van der Waals surface area (Å²) >= 11 is 6.90. The highest BCUT2D eigenvalue weighted by atomic mass is 32.2. The Kier molecular flexibility index (Phi) is 3.56. The molecule has 0 aliphatic carbocycles. The maximum absolute atomic E-state index is 5.72. The first-order valence-corrected chi connectivity index (χ1v) is 6.50. The van der Waals surface area contributed by atoms with Crippen molar-refractivity contribution >= 4 is 29.1 Å². The highest BCUT2D eigenvalue weighted by molar-refractivity contribution is 7.99. The fourth-order valence-corrected chi connectivity index (χ4v) is 3.39. The third-order valence-corrected chi connectivity index (χ3v) is 4.06. The quantitative estimate of drug-likeness (QED) is 0.817. The van der Waals surface area contributed by atoms with Crippen molar-refractivity contribution < 1.29 is 4.74 Å². The van der Waals surface area contributed by atoms with Gasteiger partial charge in [0.05, 0.1) is 7.11 Å². The van der Waals surface area contributed by atoms with Gasteiger partial charge in [-0.15, -0.1) is 11.8 Å². The van der Waals surface area contributed by atoms with E-state index in [1.807, 2.05) is 34.9 Å². The molecule has 1 aliphatic heterocycles. The van der Waals surface area contributed by atoms with Gasteiger partial charge in [-0.25, -0.2) is 0 Å². The predicted molar refractivity (Wildman–Crippen MR) is 71.7 cm³/mol. The average molecular weight is 254 g/mol. The van der Waals surface area contributed by atoms with Crippen LogP contribution in [0, 0.1) is 0 Å². The molecule has 1 atom stereocenters. The Morgan fingerprint density at radius 1 is 1.56 bits per heavy atom. The zero-order valence-corrected chi connectivity index (χ0v) is 10.7. The van der Waals surface area contributed by atoms with Crippen LogP contribution in [0.1, 0.15) is 10.9 Å². The van der Waals surface area contributed by atoms with E-state index in [4.69, 9.17) is 22.7 Å². The summed E-state index contributed by atoms with van der Waals surface area (Å²) in [6, 6.07) is 8.00. The molecule has 1 aromatic carbocycles. The highest BCUT2D eigenvalue weighted by Crippen LogP contribution is 2.41. The molecule has 1 unspecified atom stereocenters. The Balaban J connectivity index is 2.32. The second-order valence-electron chi connectivity index (χ2n) is 3.50. The van der Waals surface area contributed by atoms with E-state index in [-0.39, 0.29) is 5.37 Å². The molecule has 0 radical (unpaired) electrons. The molecule has 1 aromatic rings. The summed E-state index contributed by atoms with van der Waals surface area (Å²) in [6.45, 7) is 0.905. The van der Waals surface area contributed by atoms with Crippen molar-refractivity contribution in [1.82, 2.24) is 4.90 Å². The second-order valence-corrected chi connectivity index (χ2v) is 5.10. The summed E-state index contributed by atoms with van der Waals surface area (Å²) in [5.74, 6) is 1.93. The van der Waals surface area contributed by atoms with Crippen LogP contribution in [-0.4, -0.2) is 29.4 Å². The van der Waals surface area contributed by atoms with Crippen LogP contribution in [0.2, 0.25) is 0 Å². The molecule has 0 bridgehead atoms. The van der Waals surface area contributed by atoms with Crippen LogP contribution in [0.15, 0.2) is 24.3 Å². The van der Waals surface area contributed by atoms with Crippen molar-refractivity contribution in [3.63, 3.8) is 0 Å². The van der Waals surface area contributed by atoms with Crippen molar-refractivity contribution in [1.29, 1.82) is 0 Å². The fourth-order valence-electron chi connectivity index (χ4n) is 1.82. The maximum Gasteiger partial charge on any atom is 0.167 e. The van der Waals surface area contributed by atoms with Crippen LogP contribution in [-0.2, 0) is 0 Å². The zero-order chi connectivity index (χ0) is 11.5. The van der Waals surface area contributed by atoms with E-state index in [0.29, 0.717) is 5.11 Å². The van der Waals surface area contributed by atoms with E-state index in [2.05, 4.69) is 6.07 Å². The van der Waals surface area contributed by atoms with Crippen LogP contribution in [0.5, 0.6) is 5.75 Å². The van der Waals surface area contributed by atoms with Gasteiger partial charge in [0.25, 0.3) is 0 Å². The zero-order valence-electron chi connectivity index (χ0n) is 9.05. The van der Waals surface area contributed by atoms with Gasteiger partial charge in [-0.3, -0.25) is 0 Å². The molecular formula is C11H14N2OS2. The summed E-state index contributed by atoms with van der Waals surface area (Å²) < 4.78 is 5.36. The van der Waals surface area contributed by atoms with Gasteiger partial charge in [-0.05, 0) is 18.3 Å². The summed E-state index contributed by atoms with van der Waals surface area (Å²) in [5, 5.41) is 0.648. The number of benzene rings is 1. The monoisotopic (exact) mass is 254 g/mol. The molecule has 0 amide bonds. The molecule has 2 N–H and O–H groups in total. The van der Waals surface area contributed by atoms with E-state index in [9.17, 15) is 0 Å². The molecule has 0 spiro atoms. The lowest BCUT2D eigenvalue weighted by Crippen LogP contribution is -2.34. The van der Waals surface area contributed by atoms with Gasteiger partial charge in [-0.2, -0.15) is 0 Å². The minimum absolute atomic E-state index is 0.189. The van der Waals surface area contributed by atoms with Gasteiger partial charge in [0, 0.05) is 17.9 Å². The van der Waals surface area contributed by atoms with Crippen LogP contribution >= 0.6 is 24.0 Å². The van der Waals surface area contributed by atoms with Gasteiger partial charge in [0.1, 0.15) is 11.1 Å². The lowest BCUT2D eigenvalue weighted by Gasteiger charge is -2.25. The smallest absolute Gasteiger partial charge is 0.167 e. The number of thioether (sulfide) groups is 1. The van der Waals surface area contributed by atoms with Gasteiger partial charge < -0.3 is 15.4 Å². The normalized spacial score (nSPS) is 19.8. The fraction of sp³-hybridized carbons (Fsp3) is 0.364. The number of nitrogens with two attached hydrogens (primary N) is 1. The number of ether oxygens (including phenoxy) is 1. The van der Waals surface area contributed by atoms with Crippen LogP contribution in [0.25, 0.3) is 0 Å². The third-order valence-electron chi connectivity index (χ3n) is 2.58. The molecule has 5 heteroatoms. The number of hydrogen-bond acceptors (Lipinski definition) is 3. The van der Waals surface area contributed by atoms with Crippen molar-refractivity contribution in [3.05, 3.63) is 29.8 Å². The average Bonchev–Trinajstić information content (AvgIpc) is 2.77. The minimum Gasteiger partial charge on any atom is -0.496 e. The number of thiocarbonyl (C=S) groups is 1. The van der Waals surface area contributed by atoms with Crippen LogP contribution < -0.4 is 10.5 Å². The first kappa shape index (κ1) is 11.5. The van der Waals surface area contributed by atoms with Gasteiger partial charge in [0.2, 0.25) is 0 Å². The molecular weight excluding hydrogens is 240 g/mol. The predicted octanol–water partition coefficient (Wildman–Crippen LogP) is 1.99. The lowest BCUT2D eigenvalue weighted by atomic mass is 10.2. The Morgan fingerprint density at radius 3 is 3.00 bits per heavy atom.